The number of imidazole rings is 1. The van der Waals surface area contributed by atoms with E-state index in [0.29, 0.717) is 23.9 Å². The molecule has 2 unspecified atom stereocenters. The van der Waals surface area contributed by atoms with Crippen LogP contribution in [0.15, 0.2) is 54.9 Å². The van der Waals surface area contributed by atoms with Gasteiger partial charge in [0.1, 0.15) is 11.6 Å². The van der Waals surface area contributed by atoms with E-state index in [2.05, 4.69) is 31.8 Å². The fraction of sp³-hybridized carbons (Fsp3) is 0.250. The van der Waals surface area contributed by atoms with Crippen molar-refractivity contribution in [1.82, 2.24) is 19.9 Å². The molecule has 1 aliphatic rings. The molecule has 4 aromatic rings. The molecule has 0 radical (unpaired) electrons. The van der Waals surface area contributed by atoms with E-state index in [1.54, 1.807) is 12.4 Å². The van der Waals surface area contributed by atoms with Crippen molar-refractivity contribution >= 4 is 34.4 Å². The Morgan fingerprint density at radius 1 is 1.09 bits per heavy atom. The number of carboxylic acids is 1. The number of rotatable bonds is 4. The van der Waals surface area contributed by atoms with Crippen molar-refractivity contribution in [2.24, 2.45) is 11.8 Å². The third-order valence-electron chi connectivity index (χ3n) is 5.86. The lowest BCUT2D eigenvalue weighted by Crippen LogP contribution is -2.42. The van der Waals surface area contributed by atoms with Crippen LogP contribution in [0.4, 0.5) is 5.82 Å². The molecule has 7 nitrogen and oxygen atoms in total. The van der Waals surface area contributed by atoms with Gasteiger partial charge < -0.3 is 15.0 Å². The topological polar surface area (TPSA) is 95.0 Å². The van der Waals surface area contributed by atoms with Crippen molar-refractivity contribution < 1.29 is 9.90 Å². The molecule has 32 heavy (non-hydrogen) atoms. The van der Waals surface area contributed by atoms with Crippen molar-refractivity contribution in [2.75, 3.05) is 18.0 Å². The lowest BCUT2D eigenvalue weighted by molar-refractivity contribution is -0.142. The highest BCUT2D eigenvalue weighted by Crippen LogP contribution is 2.28. The molecule has 2 atom stereocenters. The van der Waals surface area contributed by atoms with Gasteiger partial charge in [-0.1, -0.05) is 18.5 Å². The number of nitrogens with one attached hydrogen (secondary N) is 1. The second-order valence-corrected chi connectivity index (χ2v) is 8.80. The van der Waals surface area contributed by atoms with Gasteiger partial charge >= 0.3 is 5.97 Å². The zero-order chi connectivity index (χ0) is 22.2. The van der Waals surface area contributed by atoms with E-state index in [1.807, 2.05) is 42.5 Å². The van der Waals surface area contributed by atoms with Crippen molar-refractivity contribution in [2.45, 2.75) is 13.3 Å². The number of nitrogens with zero attached hydrogens (tertiary/aromatic N) is 4. The fourth-order valence-electron chi connectivity index (χ4n) is 4.27. The highest BCUT2D eigenvalue weighted by atomic mass is 35.5. The molecule has 0 saturated carbocycles. The minimum Gasteiger partial charge on any atom is -0.481 e. The van der Waals surface area contributed by atoms with E-state index < -0.39 is 5.97 Å². The van der Waals surface area contributed by atoms with Crippen LogP contribution in [0.2, 0.25) is 5.02 Å². The van der Waals surface area contributed by atoms with E-state index in [9.17, 15) is 9.90 Å². The minimum atomic E-state index is -0.741. The highest BCUT2D eigenvalue weighted by Gasteiger charge is 2.30. The van der Waals surface area contributed by atoms with Crippen LogP contribution in [0.3, 0.4) is 0 Å². The minimum absolute atomic E-state index is 0.315. The monoisotopic (exact) mass is 447 g/mol. The predicted molar refractivity (Wildman–Crippen MR) is 125 cm³/mol. The van der Waals surface area contributed by atoms with Crippen LogP contribution in [-0.4, -0.2) is 44.1 Å². The van der Waals surface area contributed by atoms with Crippen LogP contribution < -0.4 is 4.90 Å². The predicted octanol–water partition coefficient (Wildman–Crippen LogP) is 4.89. The number of aliphatic carboxylic acids is 1. The lowest BCUT2D eigenvalue weighted by Gasteiger charge is -2.35. The summed E-state index contributed by atoms with van der Waals surface area (Å²) in [6.45, 7) is 3.38. The molecular formula is C24H22ClN5O2. The molecule has 1 aliphatic heterocycles. The second-order valence-electron chi connectivity index (χ2n) is 8.37. The Kier molecular flexibility index (Phi) is 5.27. The number of aromatic amines is 1. The van der Waals surface area contributed by atoms with Gasteiger partial charge in [0.25, 0.3) is 0 Å². The number of piperidine rings is 1. The normalized spacial score (nSPS) is 18.8. The van der Waals surface area contributed by atoms with Gasteiger partial charge in [-0.2, -0.15) is 0 Å². The van der Waals surface area contributed by atoms with Crippen LogP contribution in [0.25, 0.3) is 33.7 Å². The van der Waals surface area contributed by atoms with Crippen LogP contribution in [0.5, 0.6) is 0 Å². The van der Waals surface area contributed by atoms with Gasteiger partial charge in [0, 0.05) is 41.6 Å². The number of benzene rings is 1. The van der Waals surface area contributed by atoms with E-state index in [0.717, 1.165) is 46.0 Å². The Balaban J connectivity index is 1.34. The van der Waals surface area contributed by atoms with Gasteiger partial charge in [-0.05, 0) is 54.8 Å². The molecule has 1 fully saturated rings. The second kappa shape index (κ2) is 8.24. The average molecular weight is 448 g/mol. The Morgan fingerprint density at radius 3 is 2.62 bits per heavy atom. The first-order valence-electron chi connectivity index (χ1n) is 10.5. The number of H-pyrrole nitrogens is 1. The van der Waals surface area contributed by atoms with Gasteiger partial charge in [-0.25, -0.2) is 9.97 Å². The van der Waals surface area contributed by atoms with Gasteiger partial charge in [0.2, 0.25) is 0 Å². The molecule has 4 heterocycles. The van der Waals surface area contributed by atoms with Gasteiger partial charge in [-0.15, -0.1) is 0 Å². The first-order chi connectivity index (χ1) is 15.5. The summed E-state index contributed by atoms with van der Waals surface area (Å²) >= 11 is 6.06. The molecular weight excluding hydrogens is 426 g/mol. The van der Waals surface area contributed by atoms with Crippen molar-refractivity contribution in [1.29, 1.82) is 0 Å². The van der Waals surface area contributed by atoms with E-state index in [-0.39, 0.29) is 5.92 Å². The van der Waals surface area contributed by atoms with Crippen LogP contribution in [-0.2, 0) is 4.79 Å². The third kappa shape index (κ3) is 4.03. The first kappa shape index (κ1) is 20.5. The van der Waals surface area contributed by atoms with Crippen molar-refractivity contribution in [3.63, 3.8) is 0 Å². The summed E-state index contributed by atoms with van der Waals surface area (Å²) in [7, 11) is 0. The first-order valence-corrected chi connectivity index (χ1v) is 10.9. The number of carboxylic acid groups (broad SMARTS) is 1. The highest BCUT2D eigenvalue weighted by molar-refractivity contribution is 6.31. The Morgan fingerprint density at radius 2 is 1.91 bits per heavy atom. The molecule has 162 valence electrons. The SMILES string of the molecule is CC1CC(C(=O)O)CN(c2ccc(-c3ccc(-c4nc5ccc(Cl)cc5[nH]4)cn3)cn2)C1. The zero-order valence-corrected chi connectivity index (χ0v) is 18.3. The number of pyridine rings is 2. The molecule has 1 saturated heterocycles. The van der Waals surface area contributed by atoms with Crippen molar-refractivity contribution in [3.8, 4) is 22.6 Å². The summed E-state index contributed by atoms with van der Waals surface area (Å²) in [6, 6.07) is 13.4. The molecule has 0 amide bonds. The molecule has 0 bridgehead atoms. The number of aromatic nitrogens is 4. The van der Waals surface area contributed by atoms with Gasteiger partial charge in [0.05, 0.1) is 22.6 Å². The van der Waals surface area contributed by atoms with Crippen LogP contribution in [0, 0.1) is 11.8 Å². The van der Waals surface area contributed by atoms with Gasteiger partial charge in [0.15, 0.2) is 0 Å². The third-order valence-corrected chi connectivity index (χ3v) is 6.09. The van der Waals surface area contributed by atoms with E-state index in [4.69, 9.17) is 11.6 Å². The number of fused-ring (bicyclic) bond motifs is 1. The number of anilines is 1. The van der Waals surface area contributed by atoms with Crippen molar-refractivity contribution in [3.05, 3.63) is 59.9 Å². The lowest BCUT2D eigenvalue weighted by atomic mass is 9.90. The van der Waals surface area contributed by atoms with Crippen LogP contribution in [0.1, 0.15) is 13.3 Å². The molecule has 5 rings (SSSR count). The summed E-state index contributed by atoms with van der Waals surface area (Å²) in [4.78, 5) is 30.5. The average Bonchev–Trinajstić information content (AvgIpc) is 3.22. The largest absolute Gasteiger partial charge is 0.481 e. The van der Waals surface area contributed by atoms with Gasteiger partial charge in [-0.3, -0.25) is 9.78 Å². The Hall–Kier alpha value is -3.45. The number of halogens is 1. The zero-order valence-electron chi connectivity index (χ0n) is 17.5. The maximum atomic E-state index is 11.4. The van der Waals surface area contributed by atoms with E-state index in [1.165, 1.54) is 0 Å². The molecule has 2 N–H and O–H groups in total. The Labute approximate surface area is 190 Å². The number of hydrogen-bond acceptors (Lipinski definition) is 5. The standard InChI is InChI=1S/C24H22ClN5O2/c1-14-8-17(24(31)32)13-30(12-14)22-7-3-15(10-27-22)19-5-2-16(11-26-19)23-28-20-6-4-18(25)9-21(20)29-23/h2-7,9-11,14,17H,8,12-13H2,1H3,(H,28,29)(H,31,32). The maximum absolute atomic E-state index is 11.4. The summed E-state index contributed by atoms with van der Waals surface area (Å²) in [5.74, 6) is 0.750. The molecule has 0 spiro atoms. The molecule has 3 aromatic heterocycles. The summed E-state index contributed by atoms with van der Waals surface area (Å²) < 4.78 is 0. The fourth-order valence-corrected chi connectivity index (χ4v) is 4.44. The summed E-state index contributed by atoms with van der Waals surface area (Å²) in [6.07, 6.45) is 4.28. The Bertz CT molecular complexity index is 1270. The number of hydrogen-bond donors (Lipinski definition) is 2. The van der Waals surface area contributed by atoms with Crippen LogP contribution >= 0.6 is 11.6 Å². The number of carbonyl (C=O) groups is 1. The van der Waals surface area contributed by atoms with E-state index >= 15 is 0 Å². The molecule has 1 aromatic carbocycles. The molecule has 0 aliphatic carbocycles. The quantitative estimate of drug-likeness (QED) is 0.462. The maximum Gasteiger partial charge on any atom is 0.308 e. The smallest absolute Gasteiger partial charge is 0.308 e. The molecule has 8 heteroatoms. The summed E-state index contributed by atoms with van der Waals surface area (Å²) in [5, 5.41) is 10.1. The summed E-state index contributed by atoms with van der Waals surface area (Å²) in [5.41, 5.74) is 4.32.